The number of likely N-dealkylation sites (tertiary alicyclic amines) is 1. The average molecular weight is 285 g/mol. The van der Waals surface area contributed by atoms with Crippen molar-refractivity contribution in [3.8, 4) is 0 Å². The fourth-order valence-corrected chi connectivity index (χ4v) is 3.22. The monoisotopic (exact) mass is 285 g/mol. The van der Waals surface area contributed by atoms with Crippen LogP contribution in [0, 0.1) is 0 Å². The Balaban J connectivity index is 1.57. The van der Waals surface area contributed by atoms with Gasteiger partial charge in [-0.25, -0.2) is 4.98 Å². The molecule has 21 heavy (non-hydrogen) atoms. The standard InChI is InChI=1S/C16H19N3O2/c1-11(20)15-9-13-14(21-15)3-4-16(17-13)19-8-5-12(10-19)18-6-2-7-18/h3-4,9,12H,2,5-8,10H2,1H3/t12-/m1/s1. The number of furan rings is 1. The highest BCUT2D eigenvalue weighted by Crippen LogP contribution is 2.27. The first-order valence-electron chi connectivity index (χ1n) is 7.61. The Morgan fingerprint density at radius 1 is 1.33 bits per heavy atom. The lowest BCUT2D eigenvalue weighted by Crippen LogP contribution is -2.46. The van der Waals surface area contributed by atoms with Crippen molar-refractivity contribution < 1.29 is 9.21 Å². The lowest BCUT2D eigenvalue weighted by molar-refractivity contribution is 0.0989. The summed E-state index contributed by atoms with van der Waals surface area (Å²) in [6.45, 7) is 6.10. The van der Waals surface area contributed by atoms with E-state index in [4.69, 9.17) is 4.42 Å². The topological polar surface area (TPSA) is 49.6 Å². The van der Waals surface area contributed by atoms with Gasteiger partial charge >= 0.3 is 0 Å². The average Bonchev–Trinajstić information content (AvgIpc) is 3.01. The van der Waals surface area contributed by atoms with E-state index in [9.17, 15) is 4.79 Å². The molecular formula is C16H19N3O2. The van der Waals surface area contributed by atoms with Gasteiger partial charge in [-0.1, -0.05) is 0 Å². The van der Waals surface area contributed by atoms with E-state index in [1.54, 1.807) is 6.07 Å². The fourth-order valence-electron chi connectivity index (χ4n) is 3.22. The minimum Gasteiger partial charge on any atom is -0.451 e. The Morgan fingerprint density at radius 3 is 2.90 bits per heavy atom. The van der Waals surface area contributed by atoms with Crippen LogP contribution in [0.25, 0.3) is 11.1 Å². The van der Waals surface area contributed by atoms with Crippen LogP contribution in [0.3, 0.4) is 0 Å². The third-order valence-electron chi connectivity index (χ3n) is 4.60. The molecule has 0 radical (unpaired) electrons. The van der Waals surface area contributed by atoms with Crippen molar-refractivity contribution in [1.29, 1.82) is 0 Å². The molecule has 5 heteroatoms. The number of pyridine rings is 1. The van der Waals surface area contributed by atoms with Gasteiger partial charge in [0.15, 0.2) is 17.1 Å². The van der Waals surface area contributed by atoms with Gasteiger partial charge in [0.05, 0.1) is 0 Å². The van der Waals surface area contributed by atoms with Crippen LogP contribution in [0.15, 0.2) is 22.6 Å². The maximum atomic E-state index is 11.4. The molecule has 5 nitrogen and oxygen atoms in total. The number of anilines is 1. The van der Waals surface area contributed by atoms with Gasteiger partial charge in [-0.15, -0.1) is 0 Å². The van der Waals surface area contributed by atoms with E-state index in [0.29, 0.717) is 17.4 Å². The number of hydrogen-bond donors (Lipinski definition) is 0. The molecule has 2 aliphatic heterocycles. The van der Waals surface area contributed by atoms with Crippen LogP contribution in [0.4, 0.5) is 5.82 Å². The Hall–Kier alpha value is -1.88. The van der Waals surface area contributed by atoms with E-state index >= 15 is 0 Å². The van der Waals surface area contributed by atoms with Crippen molar-refractivity contribution in [1.82, 2.24) is 9.88 Å². The number of Topliss-reactive ketones (excluding diaryl/α,β-unsaturated/α-hetero) is 1. The summed E-state index contributed by atoms with van der Waals surface area (Å²) in [4.78, 5) is 20.9. The molecule has 2 fully saturated rings. The van der Waals surface area contributed by atoms with Crippen LogP contribution in [0.1, 0.15) is 30.3 Å². The van der Waals surface area contributed by atoms with Crippen molar-refractivity contribution in [3.05, 3.63) is 24.0 Å². The van der Waals surface area contributed by atoms with Gasteiger partial charge in [0.25, 0.3) is 0 Å². The largest absolute Gasteiger partial charge is 0.451 e. The highest BCUT2D eigenvalue weighted by molar-refractivity contribution is 5.95. The van der Waals surface area contributed by atoms with Gasteiger partial charge in [-0.05, 0) is 38.1 Å². The molecule has 2 aromatic heterocycles. The quantitative estimate of drug-likeness (QED) is 0.810. The number of fused-ring (bicyclic) bond motifs is 1. The summed E-state index contributed by atoms with van der Waals surface area (Å²) < 4.78 is 5.49. The first kappa shape index (κ1) is 12.8. The molecule has 0 amide bonds. The Kier molecular flexibility index (Phi) is 2.96. The molecule has 0 bridgehead atoms. The Bertz CT molecular complexity index is 690. The van der Waals surface area contributed by atoms with Crippen LogP contribution in [0.2, 0.25) is 0 Å². The van der Waals surface area contributed by atoms with Crippen molar-refractivity contribution >= 4 is 22.7 Å². The van der Waals surface area contributed by atoms with Crippen LogP contribution in [-0.4, -0.2) is 47.9 Å². The summed E-state index contributed by atoms with van der Waals surface area (Å²) in [6.07, 6.45) is 2.55. The fraction of sp³-hybridized carbons (Fsp3) is 0.500. The molecule has 0 N–H and O–H groups in total. The summed E-state index contributed by atoms with van der Waals surface area (Å²) in [5.74, 6) is 1.31. The number of carbonyl (C=O) groups is 1. The number of hydrogen-bond acceptors (Lipinski definition) is 5. The van der Waals surface area contributed by atoms with Gasteiger partial charge in [0, 0.05) is 32.1 Å². The zero-order chi connectivity index (χ0) is 14.4. The molecular weight excluding hydrogens is 266 g/mol. The number of carbonyl (C=O) groups excluding carboxylic acids is 1. The third kappa shape index (κ3) is 2.21. The van der Waals surface area contributed by atoms with Crippen LogP contribution < -0.4 is 4.90 Å². The van der Waals surface area contributed by atoms with Gasteiger partial charge in [0.1, 0.15) is 11.3 Å². The Morgan fingerprint density at radius 2 is 2.19 bits per heavy atom. The zero-order valence-electron chi connectivity index (χ0n) is 12.2. The van der Waals surface area contributed by atoms with Crippen molar-refractivity contribution in [2.24, 2.45) is 0 Å². The predicted octanol–water partition coefficient (Wildman–Crippen LogP) is 2.31. The molecule has 0 unspecified atom stereocenters. The number of aromatic nitrogens is 1. The second kappa shape index (κ2) is 4.84. The van der Waals surface area contributed by atoms with E-state index in [1.165, 1.54) is 32.9 Å². The minimum absolute atomic E-state index is 0.0615. The lowest BCUT2D eigenvalue weighted by atomic mass is 10.1. The van der Waals surface area contributed by atoms with Crippen LogP contribution in [-0.2, 0) is 0 Å². The zero-order valence-corrected chi connectivity index (χ0v) is 12.2. The number of rotatable bonds is 3. The predicted molar refractivity (Wildman–Crippen MR) is 80.8 cm³/mol. The normalized spacial score (nSPS) is 22.7. The van der Waals surface area contributed by atoms with E-state index < -0.39 is 0 Å². The van der Waals surface area contributed by atoms with E-state index in [2.05, 4.69) is 14.8 Å². The second-order valence-corrected chi connectivity index (χ2v) is 6.00. The first-order chi connectivity index (χ1) is 10.2. The molecule has 0 saturated carbocycles. The minimum atomic E-state index is -0.0615. The molecule has 110 valence electrons. The second-order valence-electron chi connectivity index (χ2n) is 6.00. The maximum Gasteiger partial charge on any atom is 0.195 e. The first-order valence-corrected chi connectivity index (χ1v) is 7.61. The van der Waals surface area contributed by atoms with Gasteiger partial charge < -0.3 is 9.32 Å². The molecule has 2 saturated heterocycles. The molecule has 2 aromatic rings. The van der Waals surface area contributed by atoms with Gasteiger partial charge in [-0.3, -0.25) is 9.69 Å². The summed E-state index contributed by atoms with van der Waals surface area (Å²) in [5, 5.41) is 0. The maximum absolute atomic E-state index is 11.4. The van der Waals surface area contributed by atoms with Gasteiger partial charge in [0.2, 0.25) is 0 Å². The summed E-state index contributed by atoms with van der Waals surface area (Å²) in [7, 11) is 0. The molecule has 0 spiro atoms. The Labute approximate surface area is 123 Å². The van der Waals surface area contributed by atoms with Crippen molar-refractivity contribution in [2.75, 3.05) is 31.1 Å². The van der Waals surface area contributed by atoms with E-state index in [-0.39, 0.29) is 5.78 Å². The van der Waals surface area contributed by atoms with Crippen LogP contribution in [0.5, 0.6) is 0 Å². The number of nitrogens with zero attached hydrogens (tertiary/aromatic N) is 3. The highest BCUT2D eigenvalue weighted by Gasteiger charge is 2.31. The van der Waals surface area contributed by atoms with Crippen molar-refractivity contribution in [2.45, 2.75) is 25.8 Å². The summed E-state index contributed by atoms with van der Waals surface area (Å²) >= 11 is 0. The molecule has 0 aliphatic carbocycles. The number of ketones is 1. The van der Waals surface area contributed by atoms with E-state index in [0.717, 1.165) is 24.4 Å². The lowest BCUT2D eigenvalue weighted by Gasteiger charge is -2.36. The van der Waals surface area contributed by atoms with Crippen LogP contribution >= 0.6 is 0 Å². The SMILES string of the molecule is CC(=O)c1cc2nc(N3CC[C@@H](N4CCC4)C3)ccc2o1. The third-order valence-corrected chi connectivity index (χ3v) is 4.60. The smallest absolute Gasteiger partial charge is 0.195 e. The molecule has 4 rings (SSSR count). The molecule has 0 aromatic carbocycles. The highest BCUT2D eigenvalue weighted by atomic mass is 16.3. The molecule has 1 atom stereocenters. The summed E-state index contributed by atoms with van der Waals surface area (Å²) in [6, 6.07) is 6.33. The molecule has 4 heterocycles. The van der Waals surface area contributed by atoms with Crippen molar-refractivity contribution in [3.63, 3.8) is 0 Å². The van der Waals surface area contributed by atoms with Gasteiger partial charge in [-0.2, -0.15) is 0 Å². The summed E-state index contributed by atoms with van der Waals surface area (Å²) in [5.41, 5.74) is 1.45. The van der Waals surface area contributed by atoms with E-state index in [1.807, 2.05) is 12.1 Å². The molecule has 2 aliphatic rings.